The highest BCUT2D eigenvalue weighted by molar-refractivity contribution is 5.79. The van der Waals surface area contributed by atoms with Crippen LogP contribution >= 0.6 is 0 Å². The zero-order valence-electron chi connectivity index (χ0n) is 10.8. The van der Waals surface area contributed by atoms with Gasteiger partial charge in [-0.2, -0.15) is 0 Å². The van der Waals surface area contributed by atoms with Gasteiger partial charge in [0.25, 0.3) is 0 Å². The fourth-order valence-corrected chi connectivity index (χ4v) is 1.94. The smallest absolute Gasteiger partial charge is 0.142 e. The fourth-order valence-electron chi connectivity index (χ4n) is 1.94. The molecule has 1 atom stereocenters. The number of oxime groups is 1. The summed E-state index contributed by atoms with van der Waals surface area (Å²) in [5.74, 6) is 1.76. The van der Waals surface area contributed by atoms with Crippen LogP contribution in [-0.4, -0.2) is 43.1 Å². The molecule has 5 nitrogen and oxygen atoms in total. The molecule has 18 heavy (non-hydrogen) atoms. The second kappa shape index (κ2) is 6.35. The van der Waals surface area contributed by atoms with E-state index in [2.05, 4.69) is 26.9 Å². The van der Waals surface area contributed by atoms with E-state index in [0.717, 1.165) is 38.4 Å². The third kappa shape index (κ3) is 3.43. The largest absolute Gasteiger partial charge is 0.360 e. The lowest BCUT2D eigenvalue weighted by Crippen LogP contribution is -2.45. The van der Waals surface area contributed by atoms with E-state index in [-0.39, 0.29) is 5.92 Å². The Bertz CT molecular complexity index is 380. The molecule has 0 amide bonds. The number of hydrogen-bond donors (Lipinski definition) is 1. The molecule has 0 aromatic heterocycles. The molecule has 0 spiro atoms. The molecule has 0 radical (unpaired) electrons. The van der Waals surface area contributed by atoms with Crippen LogP contribution in [0.5, 0.6) is 0 Å². The number of allylic oxidation sites excluding steroid dienone is 1. The standard InChI is InChI=1S/C13H20N4O/c1-11(13-3-5-14-6-4-13)18-16-12(2)17-9-7-15-8-10-17/h3,5-6,13,15H,1,4,7-10H2,2H3/b16-12+. The minimum absolute atomic E-state index is 0.182. The summed E-state index contributed by atoms with van der Waals surface area (Å²) in [5, 5.41) is 7.47. The maximum Gasteiger partial charge on any atom is 0.142 e. The summed E-state index contributed by atoms with van der Waals surface area (Å²) in [6, 6.07) is 0. The Morgan fingerprint density at radius 1 is 1.50 bits per heavy atom. The van der Waals surface area contributed by atoms with E-state index in [1.165, 1.54) is 0 Å². The number of amidine groups is 1. The van der Waals surface area contributed by atoms with Crippen LogP contribution in [0.25, 0.3) is 0 Å². The highest BCUT2D eigenvalue weighted by atomic mass is 16.6. The SMILES string of the molecule is C=C(O/N=C(\C)N1CCNCC1)C1C=CN=CC1. The van der Waals surface area contributed by atoms with Crippen molar-refractivity contribution >= 4 is 12.1 Å². The number of nitrogens with one attached hydrogen (secondary N) is 1. The zero-order valence-corrected chi connectivity index (χ0v) is 10.8. The first-order valence-corrected chi connectivity index (χ1v) is 6.32. The second-order valence-electron chi connectivity index (χ2n) is 4.45. The van der Waals surface area contributed by atoms with E-state index in [1.807, 2.05) is 19.2 Å². The summed E-state index contributed by atoms with van der Waals surface area (Å²) in [6.07, 6.45) is 6.46. The van der Waals surface area contributed by atoms with Gasteiger partial charge in [0.15, 0.2) is 0 Å². The Balaban J connectivity index is 1.83. The molecule has 0 saturated carbocycles. The third-order valence-electron chi connectivity index (χ3n) is 3.15. The number of rotatable bonds is 3. The van der Waals surface area contributed by atoms with Crippen LogP contribution in [0.3, 0.4) is 0 Å². The molecular formula is C13H20N4O. The first-order chi connectivity index (χ1) is 8.77. The van der Waals surface area contributed by atoms with Gasteiger partial charge in [0.05, 0.1) is 0 Å². The summed E-state index contributed by atoms with van der Waals surface area (Å²) >= 11 is 0. The highest BCUT2D eigenvalue weighted by Gasteiger charge is 2.14. The lowest BCUT2D eigenvalue weighted by Gasteiger charge is -2.28. The Morgan fingerprint density at radius 3 is 2.94 bits per heavy atom. The number of nitrogens with zero attached hydrogens (tertiary/aromatic N) is 3. The van der Waals surface area contributed by atoms with Gasteiger partial charge in [-0.25, -0.2) is 0 Å². The summed E-state index contributed by atoms with van der Waals surface area (Å²) in [6.45, 7) is 9.83. The van der Waals surface area contributed by atoms with Gasteiger partial charge in [-0.15, -0.1) is 0 Å². The Labute approximate surface area is 108 Å². The number of hydrogen-bond acceptors (Lipinski definition) is 4. The molecule has 98 valence electrons. The van der Waals surface area contributed by atoms with Gasteiger partial charge < -0.3 is 15.1 Å². The molecule has 0 aliphatic carbocycles. The van der Waals surface area contributed by atoms with Gasteiger partial charge in [-0.05, 0) is 13.3 Å². The lowest BCUT2D eigenvalue weighted by molar-refractivity contribution is 0.194. The van der Waals surface area contributed by atoms with E-state index in [0.29, 0.717) is 5.76 Å². The summed E-state index contributed by atoms with van der Waals surface area (Å²) in [7, 11) is 0. The minimum atomic E-state index is 0.182. The normalized spacial score (nSPS) is 24.2. The van der Waals surface area contributed by atoms with Crippen LogP contribution < -0.4 is 5.32 Å². The average molecular weight is 248 g/mol. The molecule has 0 aromatic rings. The average Bonchev–Trinajstić information content (AvgIpc) is 2.46. The van der Waals surface area contributed by atoms with Crippen LogP contribution in [0, 0.1) is 5.92 Å². The van der Waals surface area contributed by atoms with Gasteiger partial charge in [-0.3, -0.25) is 4.99 Å². The van der Waals surface area contributed by atoms with E-state index < -0.39 is 0 Å². The molecule has 5 heteroatoms. The van der Waals surface area contributed by atoms with Gasteiger partial charge in [0.1, 0.15) is 11.6 Å². The fraction of sp³-hybridized carbons (Fsp3) is 0.538. The van der Waals surface area contributed by atoms with Gasteiger partial charge in [0, 0.05) is 44.5 Å². The van der Waals surface area contributed by atoms with Crippen molar-refractivity contribution in [2.45, 2.75) is 13.3 Å². The summed E-state index contributed by atoms with van der Waals surface area (Å²) in [5.41, 5.74) is 0. The molecule has 1 saturated heterocycles. The van der Waals surface area contributed by atoms with Crippen LogP contribution in [0.2, 0.25) is 0 Å². The van der Waals surface area contributed by atoms with Gasteiger partial charge in [0.2, 0.25) is 0 Å². The summed E-state index contributed by atoms with van der Waals surface area (Å²) < 4.78 is 0. The number of piperazine rings is 1. The van der Waals surface area contributed by atoms with E-state index >= 15 is 0 Å². The van der Waals surface area contributed by atoms with Crippen molar-refractivity contribution in [3.63, 3.8) is 0 Å². The number of aliphatic imine (C=N–C) groups is 1. The first-order valence-electron chi connectivity index (χ1n) is 6.32. The topological polar surface area (TPSA) is 49.2 Å². The molecule has 2 aliphatic heterocycles. The van der Waals surface area contributed by atoms with Crippen LogP contribution in [-0.2, 0) is 4.84 Å². The minimum Gasteiger partial charge on any atom is -0.360 e. The predicted molar refractivity (Wildman–Crippen MR) is 73.5 cm³/mol. The molecule has 2 heterocycles. The molecule has 1 fully saturated rings. The first kappa shape index (κ1) is 12.8. The highest BCUT2D eigenvalue weighted by Crippen LogP contribution is 2.18. The van der Waals surface area contributed by atoms with Crippen molar-refractivity contribution in [3.05, 3.63) is 24.6 Å². The maximum atomic E-state index is 5.41. The summed E-state index contributed by atoms with van der Waals surface area (Å²) in [4.78, 5) is 11.7. The lowest BCUT2D eigenvalue weighted by atomic mass is 10.0. The maximum absolute atomic E-state index is 5.41. The Hall–Kier alpha value is -1.62. The van der Waals surface area contributed by atoms with E-state index in [9.17, 15) is 0 Å². The third-order valence-corrected chi connectivity index (χ3v) is 3.15. The Morgan fingerprint density at radius 2 is 2.28 bits per heavy atom. The molecular weight excluding hydrogens is 228 g/mol. The predicted octanol–water partition coefficient (Wildman–Crippen LogP) is 1.36. The van der Waals surface area contributed by atoms with Crippen molar-refractivity contribution in [2.75, 3.05) is 26.2 Å². The van der Waals surface area contributed by atoms with E-state index in [4.69, 9.17) is 4.84 Å². The van der Waals surface area contributed by atoms with Crippen LogP contribution in [0.15, 0.2) is 34.8 Å². The van der Waals surface area contributed by atoms with Crippen molar-refractivity contribution in [2.24, 2.45) is 16.1 Å². The molecule has 1 unspecified atom stereocenters. The van der Waals surface area contributed by atoms with Gasteiger partial charge >= 0.3 is 0 Å². The van der Waals surface area contributed by atoms with Gasteiger partial charge in [-0.1, -0.05) is 17.8 Å². The molecule has 0 bridgehead atoms. The van der Waals surface area contributed by atoms with Crippen molar-refractivity contribution < 1.29 is 4.84 Å². The quantitative estimate of drug-likeness (QED) is 0.355. The molecule has 0 aromatic carbocycles. The van der Waals surface area contributed by atoms with Crippen LogP contribution in [0.4, 0.5) is 0 Å². The van der Waals surface area contributed by atoms with Crippen molar-refractivity contribution in [1.29, 1.82) is 0 Å². The van der Waals surface area contributed by atoms with Crippen molar-refractivity contribution in [1.82, 2.24) is 10.2 Å². The Kier molecular flexibility index (Phi) is 4.52. The molecule has 2 rings (SSSR count). The molecule has 2 aliphatic rings. The zero-order chi connectivity index (χ0) is 12.8. The monoisotopic (exact) mass is 248 g/mol. The van der Waals surface area contributed by atoms with E-state index in [1.54, 1.807) is 6.20 Å². The second-order valence-corrected chi connectivity index (χ2v) is 4.45. The van der Waals surface area contributed by atoms with Crippen LogP contribution in [0.1, 0.15) is 13.3 Å². The molecule has 1 N–H and O–H groups in total. The van der Waals surface area contributed by atoms with Crippen molar-refractivity contribution in [3.8, 4) is 0 Å².